The fraction of sp³-hybridized carbons (Fsp3) is 0.368. The van der Waals surface area contributed by atoms with Gasteiger partial charge >= 0.3 is 0 Å². The average molecular weight is 310 g/mol. The van der Waals surface area contributed by atoms with Crippen LogP contribution in [0.4, 0.5) is 0 Å². The Hall–Kier alpha value is -2.20. The molecular formula is C19H22N2O2. The van der Waals surface area contributed by atoms with Crippen molar-refractivity contribution in [1.29, 1.82) is 0 Å². The highest BCUT2D eigenvalue weighted by atomic mass is 16.3. The third kappa shape index (κ3) is 3.27. The number of phenols is 1. The minimum absolute atomic E-state index is 0.0563. The molecule has 0 aliphatic carbocycles. The maximum atomic E-state index is 11.3. The van der Waals surface area contributed by atoms with Crippen LogP contribution in [0.1, 0.15) is 42.1 Å². The minimum atomic E-state index is -0.221. The van der Waals surface area contributed by atoms with Crippen molar-refractivity contribution < 1.29 is 5.11 Å². The van der Waals surface area contributed by atoms with E-state index in [1.807, 2.05) is 12.1 Å². The van der Waals surface area contributed by atoms with E-state index in [1.54, 1.807) is 12.1 Å². The Kier molecular flexibility index (Phi) is 4.44. The fourth-order valence-electron chi connectivity index (χ4n) is 3.37. The largest absolute Gasteiger partial charge is 0.508 e. The summed E-state index contributed by atoms with van der Waals surface area (Å²) in [5.41, 5.74) is 3.47. The molecule has 0 radical (unpaired) electrons. The summed E-state index contributed by atoms with van der Waals surface area (Å²) < 4.78 is 0. The first-order chi connectivity index (χ1) is 11.1. The van der Waals surface area contributed by atoms with Crippen LogP contribution in [0, 0.1) is 17.7 Å². The van der Waals surface area contributed by atoms with E-state index in [-0.39, 0.29) is 29.8 Å². The summed E-state index contributed by atoms with van der Waals surface area (Å²) in [6.07, 6.45) is 0.678. The zero-order valence-corrected chi connectivity index (χ0v) is 13.4. The van der Waals surface area contributed by atoms with E-state index in [0.29, 0.717) is 6.42 Å². The maximum absolute atomic E-state index is 11.3. The van der Waals surface area contributed by atoms with Gasteiger partial charge in [-0.25, -0.2) is 0 Å². The summed E-state index contributed by atoms with van der Waals surface area (Å²) in [5.74, 6) is 0.390. The smallest absolute Gasteiger partial charge is 0.115 e. The Labute approximate surface area is 136 Å². The van der Waals surface area contributed by atoms with Crippen LogP contribution in [-0.2, 0) is 0 Å². The van der Waals surface area contributed by atoms with Gasteiger partial charge in [-0.15, -0.1) is 0 Å². The number of rotatable bonds is 3. The number of nitrogens with zero attached hydrogens (tertiary/aromatic N) is 1. The molecular weight excluding hydrogens is 288 g/mol. The molecule has 2 aromatic rings. The number of piperidine rings is 1. The molecule has 23 heavy (non-hydrogen) atoms. The second-order valence-electron chi connectivity index (χ2n) is 6.47. The van der Waals surface area contributed by atoms with Gasteiger partial charge in [0.05, 0.1) is 6.04 Å². The fourth-order valence-corrected chi connectivity index (χ4v) is 3.37. The zero-order chi connectivity index (χ0) is 16.4. The lowest BCUT2D eigenvalue weighted by Gasteiger charge is -2.39. The predicted molar refractivity (Wildman–Crippen MR) is 91.3 cm³/mol. The van der Waals surface area contributed by atoms with Crippen molar-refractivity contribution in [2.24, 2.45) is 11.1 Å². The molecule has 0 amide bonds. The first-order valence-electron chi connectivity index (χ1n) is 8.02. The molecule has 1 aliphatic rings. The summed E-state index contributed by atoms with van der Waals surface area (Å²) in [6, 6.07) is 15.5. The Balaban J connectivity index is 1.90. The molecule has 1 heterocycles. The van der Waals surface area contributed by atoms with E-state index in [9.17, 15) is 10.0 Å². The van der Waals surface area contributed by atoms with Gasteiger partial charge in [-0.05, 0) is 36.6 Å². The van der Waals surface area contributed by atoms with E-state index in [0.717, 1.165) is 5.56 Å². The van der Waals surface area contributed by atoms with Gasteiger partial charge in [0.1, 0.15) is 5.75 Å². The zero-order valence-electron chi connectivity index (χ0n) is 13.4. The SMILES string of the molecule is Cc1ccc(C2NC(c3ccc(O)cc3)CC(N=O)C2C)cc1. The lowest BCUT2D eigenvalue weighted by atomic mass is 9.79. The minimum Gasteiger partial charge on any atom is -0.508 e. The number of hydrogen-bond acceptors (Lipinski definition) is 4. The quantitative estimate of drug-likeness (QED) is 0.833. The molecule has 4 heteroatoms. The van der Waals surface area contributed by atoms with Crippen molar-refractivity contribution in [3.8, 4) is 5.75 Å². The van der Waals surface area contributed by atoms with E-state index in [1.165, 1.54) is 11.1 Å². The van der Waals surface area contributed by atoms with Gasteiger partial charge in [-0.3, -0.25) is 0 Å². The lowest BCUT2D eigenvalue weighted by Crippen LogP contribution is -2.42. The van der Waals surface area contributed by atoms with Crippen molar-refractivity contribution in [3.05, 3.63) is 70.1 Å². The Bertz CT molecular complexity index is 667. The van der Waals surface area contributed by atoms with Crippen LogP contribution in [0.2, 0.25) is 0 Å². The van der Waals surface area contributed by atoms with Crippen LogP contribution < -0.4 is 5.32 Å². The molecule has 1 fully saturated rings. The maximum Gasteiger partial charge on any atom is 0.115 e. The molecule has 0 spiro atoms. The molecule has 0 aromatic heterocycles. The highest BCUT2D eigenvalue weighted by molar-refractivity contribution is 5.31. The van der Waals surface area contributed by atoms with Crippen LogP contribution in [0.3, 0.4) is 0 Å². The molecule has 4 nitrogen and oxygen atoms in total. The van der Waals surface area contributed by atoms with Crippen molar-refractivity contribution in [3.63, 3.8) is 0 Å². The number of aromatic hydroxyl groups is 1. The van der Waals surface area contributed by atoms with Gasteiger partial charge in [-0.1, -0.05) is 54.1 Å². The Morgan fingerprint density at radius 1 is 1.04 bits per heavy atom. The third-order valence-corrected chi connectivity index (χ3v) is 4.86. The molecule has 1 saturated heterocycles. The van der Waals surface area contributed by atoms with Crippen LogP contribution in [0.15, 0.2) is 53.7 Å². The van der Waals surface area contributed by atoms with E-state index in [4.69, 9.17) is 0 Å². The third-order valence-electron chi connectivity index (χ3n) is 4.86. The van der Waals surface area contributed by atoms with Gasteiger partial charge in [0, 0.05) is 18.0 Å². The van der Waals surface area contributed by atoms with Gasteiger partial charge < -0.3 is 10.4 Å². The molecule has 120 valence electrons. The molecule has 3 rings (SSSR count). The molecule has 4 unspecified atom stereocenters. The summed E-state index contributed by atoms with van der Waals surface area (Å²) in [6.45, 7) is 4.15. The number of nitrogens with one attached hydrogen (secondary N) is 1. The normalized spacial score (nSPS) is 27.6. The number of aryl methyl sites for hydroxylation is 1. The van der Waals surface area contributed by atoms with Crippen LogP contribution in [0.25, 0.3) is 0 Å². The molecule has 1 aliphatic heterocycles. The molecule has 0 bridgehead atoms. The van der Waals surface area contributed by atoms with Crippen molar-refractivity contribution in [2.75, 3.05) is 0 Å². The lowest BCUT2D eigenvalue weighted by molar-refractivity contribution is 0.216. The van der Waals surface area contributed by atoms with Gasteiger partial charge in [0.15, 0.2) is 0 Å². The second kappa shape index (κ2) is 6.50. The summed E-state index contributed by atoms with van der Waals surface area (Å²) >= 11 is 0. The molecule has 0 saturated carbocycles. The molecule has 2 aromatic carbocycles. The van der Waals surface area contributed by atoms with E-state index < -0.39 is 0 Å². The summed E-state index contributed by atoms with van der Waals surface area (Å²) in [7, 11) is 0. The van der Waals surface area contributed by atoms with Crippen LogP contribution in [0.5, 0.6) is 5.75 Å². The summed E-state index contributed by atoms with van der Waals surface area (Å²) in [5, 5.41) is 16.5. The van der Waals surface area contributed by atoms with Crippen molar-refractivity contribution in [2.45, 2.75) is 38.4 Å². The van der Waals surface area contributed by atoms with E-state index >= 15 is 0 Å². The number of nitroso groups, excluding NO2 is 1. The topological polar surface area (TPSA) is 61.7 Å². The highest BCUT2D eigenvalue weighted by Gasteiger charge is 2.36. The predicted octanol–water partition coefficient (Wildman–Crippen LogP) is 4.25. The Morgan fingerprint density at radius 3 is 2.26 bits per heavy atom. The Morgan fingerprint density at radius 2 is 1.65 bits per heavy atom. The van der Waals surface area contributed by atoms with Gasteiger partial charge in [0.2, 0.25) is 0 Å². The average Bonchev–Trinajstić information content (AvgIpc) is 2.57. The number of hydrogen-bond donors (Lipinski definition) is 2. The standard InChI is InChI=1S/C19H22N2O2/c1-12-3-5-15(6-4-12)19-13(2)17(21-23)11-18(20-19)14-7-9-16(22)10-8-14/h3-10,13,17-20,22H,11H2,1-2H3. The first-order valence-corrected chi connectivity index (χ1v) is 8.02. The monoisotopic (exact) mass is 310 g/mol. The molecule has 2 N–H and O–H groups in total. The van der Waals surface area contributed by atoms with E-state index in [2.05, 4.69) is 48.6 Å². The van der Waals surface area contributed by atoms with Gasteiger partial charge in [0.25, 0.3) is 0 Å². The van der Waals surface area contributed by atoms with Crippen LogP contribution in [-0.4, -0.2) is 11.1 Å². The number of phenolic OH excluding ortho intramolecular Hbond substituents is 1. The van der Waals surface area contributed by atoms with Gasteiger partial charge in [-0.2, -0.15) is 4.91 Å². The van der Waals surface area contributed by atoms with Crippen LogP contribution >= 0.6 is 0 Å². The summed E-state index contributed by atoms with van der Waals surface area (Å²) in [4.78, 5) is 11.3. The molecule has 4 atom stereocenters. The number of benzene rings is 2. The highest BCUT2D eigenvalue weighted by Crippen LogP contribution is 2.38. The van der Waals surface area contributed by atoms with Crippen molar-refractivity contribution >= 4 is 0 Å². The second-order valence-corrected chi connectivity index (χ2v) is 6.47. The van der Waals surface area contributed by atoms with Crippen molar-refractivity contribution in [1.82, 2.24) is 5.32 Å². The first kappa shape index (κ1) is 15.7.